The largest absolute Gasteiger partial charge is 0.347 e. The fourth-order valence-corrected chi connectivity index (χ4v) is 2.98. The Kier molecular flexibility index (Phi) is 4.25. The van der Waals surface area contributed by atoms with Crippen LogP contribution in [0.1, 0.15) is 15.2 Å². The molecule has 2 heterocycles. The lowest BCUT2D eigenvalue weighted by molar-refractivity contribution is 0.0955. The molecule has 1 amide bonds. The Bertz CT molecular complexity index is 786. The fourth-order valence-electron chi connectivity index (χ4n) is 2.05. The predicted octanol–water partition coefficient (Wildman–Crippen LogP) is 3.88. The smallest absolute Gasteiger partial charge is 0.261 e. The quantitative estimate of drug-likeness (QED) is 0.794. The van der Waals surface area contributed by atoms with Gasteiger partial charge in [0, 0.05) is 23.8 Å². The lowest BCUT2D eigenvalue weighted by atomic mass is 10.2. The number of rotatable bonds is 4. The molecule has 1 aromatic carbocycles. The first-order chi connectivity index (χ1) is 10.7. The maximum absolute atomic E-state index is 13.1. The first kappa shape index (κ1) is 14.4. The average molecular weight is 312 g/mol. The van der Waals surface area contributed by atoms with Crippen molar-refractivity contribution in [3.05, 3.63) is 77.2 Å². The van der Waals surface area contributed by atoms with Gasteiger partial charge < -0.3 is 5.32 Å². The van der Waals surface area contributed by atoms with E-state index in [9.17, 15) is 9.18 Å². The van der Waals surface area contributed by atoms with Crippen molar-refractivity contribution in [2.24, 2.45) is 0 Å². The maximum atomic E-state index is 13.1. The monoisotopic (exact) mass is 312 g/mol. The van der Waals surface area contributed by atoms with E-state index in [4.69, 9.17) is 0 Å². The third-order valence-electron chi connectivity index (χ3n) is 3.14. The molecule has 22 heavy (non-hydrogen) atoms. The number of halogens is 1. The number of nitrogens with zero attached hydrogens (tertiary/aromatic N) is 1. The highest BCUT2D eigenvalue weighted by Crippen LogP contribution is 2.27. The molecule has 0 radical (unpaired) electrons. The van der Waals surface area contributed by atoms with E-state index in [1.807, 2.05) is 18.2 Å². The standard InChI is InChI=1S/C17H13FN2OS/c18-14-3-1-2-12(10-14)11-20-17(21)16-5-4-15(22-16)13-6-8-19-9-7-13/h1-10H,11H2,(H,20,21). The molecule has 0 aliphatic rings. The molecule has 2 aromatic heterocycles. The molecule has 3 aromatic rings. The summed E-state index contributed by atoms with van der Waals surface area (Å²) >= 11 is 1.42. The van der Waals surface area contributed by atoms with E-state index in [-0.39, 0.29) is 11.7 Å². The minimum absolute atomic E-state index is 0.158. The zero-order chi connectivity index (χ0) is 15.4. The van der Waals surface area contributed by atoms with E-state index in [0.717, 1.165) is 16.0 Å². The van der Waals surface area contributed by atoms with E-state index in [1.165, 1.54) is 23.5 Å². The van der Waals surface area contributed by atoms with Gasteiger partial charge >= 0.3 is 0 Å². The number of carbonyl (C=O) groups excluding carboxylic acids is 1. The van der Waals surface area contributed by atoms with Crippen LogP contribution in [0.15, 0.2) is 60.9 Å². The van der Waals surface area contributed by atoms with Gasteiger partial charge in [-0.3, -0.25) is 9.78 Å². The predicted molar refractivity (Wildman–Crippen MR) is 85.1 cm³/mol. The van der Waals surface area contributed by atoms with Crippen LogP contribution in [0.5, 0.6) is 0 Å². The van der Waals surface area contributed by atoms with Crippen molar-refractivity contribution in [2.45, 2.75) is 6.54 Å². The molecule has 1 N–H and O–H groups in total. The van der Waals surface area contributed by atoms with Crippen molar-refractivity contribution in [2.75, 3.05) is 0 Å². The third-order valence-corrected chi connectivity index (χ3v) is 4.27. The van der Waals surface area contributed by atoms with Gasteiger partial charge in [-0.05, 0) is 47.5 Å². The van der Waals surface area contributed by atoms with Gasteiger partial charge in [-0.15, -0.1) is 11.3 Å². The number of amides is 1. The molecule has 0 saturated heterocycles. The number of benzene rings is 1. The molecule has 0 aliphatic heterocycles. The van der Waals surface area contributed by atoms with Crippen LogP contribution >= 0.6 is 11.3 Å². The van der Waals surface area contributed by atoms with Gasteiger partial charge in [-0.2, -0.15) is 0 Å². The molecular formula is C17H13FN2OS. The number of nitrogens with one attached hydrogen (secondary N) is 1. The molecule has 0 aliphatic carbocycles. The molecule has 110 valence electrons. The maximum Gasteiger partial charge on any atom is 0.261 e. The summed E-state index contributed by atoms with van der Waals surface area (Å²) in [7, 11) is 0. The highest BCUT2D eigenvalue weighted by molar-refractivity contribution is 7.17. The van der Waals surface area contributed by atoms with Crippen LogP contribution in [0.2, 0.25) is 0 Å². The van der Waals surface area contributed by atoms with Crippen molar-refractivity contribution in [3.63, 3.8) is 0 Å². The van der Waals surface area contributed by atoms with Crippen molar-refractivity contribution in [1.82, 2.24) is 10.3 Å². The Morgan fingerprint density at radius 3 is 2.73 bits per heavy atom. The molecule has 0 unspecified atom stereocenters. The van der Waals surface area contributed by atoms with Crippen LogP contribution in [0, 0.1) is 5.82 Å². The highest BCUT2D eigenvalue weighted by atomic mass is 32.1. The second-order valence-electron chi connectivity index (χ2n) is 4.71. The second-order valence-corrected chi connectivity index (χ2v) is 5.80. The van der Waals surface area contributed by atoms with Crippen LogP contribution in [0.3, 0.4) is 0 Å². The molecule has 5 heteroatoms. The number of aromatic nitrogens is 1. The first-order valence-corrected chi connectivity index (χ1v) is 7.57. The number of carbonyl (C=O) groups is 1. The summed E-state index contributed by atoms with van der Waals surface area (Å²) in [5.41, 5.74) is 1.77. The number of hydrogen-bond acceptors (Lipinski definition) is 3. The van der Waals surface area contributed by atoms with Gasteiger partial charge in [0.25, 0.3) is 5.91 Å². The van der Waals surface area contributed by atoms with Crippen LogP contribution in [-0.4, -0.2) is 10.9 Å². The lowest BCUT2D eigenvalue weighted by Crippen LogP contribution is -2.21. The minimum Gasteiger partial charge on any atom is -0.347 e. The van der Waals surface area contributed by atoms with Crippen LogP contribution in [0.4, 0.5) is 4.39 Å². The summed E-state index contributed by atoms with van der Waals surface area (Å²) < 4.78 is 13.1. The summed E-state index contributed by atoms with van der Waals surface area (Å²) in [4.78, 5) is 17.8. The van der Waals surface area contributed by atoms with E-state index in [2.05, 4.69) is 10.3 Å². The Labute approximate surface area is 131 Å². The summed E-state index contributed by atoms with van der Waals surface area (Å²) in [5, 5.41) is 2.80. The third kappa shape index (κ3) is 3.38. The Balaban J connectivity index is 1.67. The van der Waals surface area contributed by atoms with E-state index in [1.54, 1.807) is 30.6 Å². The van der Waals surface area contributed by atoms with Gasteiger partial charge in [-0.1, -0.05) is 12.1 Å². The summed E-state index contributed by atoms with van der Waals surface area (Å²) in [6.07, 6.45) is 3.44. The van der Waals surface area contributed by atoms with Crippen LogP contribution in [-0.2, 0) is 6.54 Å². The fraction of sp³-hybridized carbons (Fsp3) is 0.0588. The second kappa shape index (κ2) is 6.49. The molecule has 0 atom stereocenters. The number of thiophene rings is 1. The summed E-state index contributed by atoms with van der Waals surface area (Å²) in [5.74, 6) is -0.461. The molecule has 3 nitrogen and oxygen atoms in total. The van der Waals surface area contributed by atoms with Crippen molar-refractivity contribution >= 4 is 17.2 Å². The molecule has 0 saturated carbocycles. The van der Waals surface area contributed by atoms with Gasteiger partial charge in [0.15, 0.2) is 0 Å². The van der Waals surface area contributed by atoms with Gasteiger partial charge in [0.05, 0.1) is 4.88 Å². The van der Waals surface area contributed by atoms with Crippen molar-refractivity contribution in [3.8, 4) is 10.4 Å². The van der Waals surface area contributed by atoms with E-state index in [0.29, 0.717) is 11.4 Å². The normalized spacial score (nSPS) is 10.4. The van der Waals surface area contributed by atoms with E-state index < -0.39 is 0 Å². The molecule has 0 bridgehead atoms. The summed E-state index contributed by atoms with van der Waals surface area (Å²) in [6.45, 7) is 0.305. The Morgan fingerprint density at radius 1 is 1.14 bits per heavy atom. The minimum atomic E-state index is -0.303. The van der Waals surface area contributed by atoms with Gasteiger partial charge in [0.1, 0.15) is 5.82 Å². The topological polar surface area (TPSA) is 42.0 Å². The van der Waals surface area contributed by atoms with Crippen LogP contribution < -0.4 is 5.32 Å². The molecule has 0 spiro atoms. The Hall–Kier alpha value is -2.53. The highest BCUT2D eigenvalue weighted by Gasteiger charge is 2.10. The van der Waals surface area contributed by atoms with Crippen molar-refractivity contribution < 1.29 is 9.18 Å². The Morgan fingerprint density at radius 2 is 1.95 bits per heavy atom. The zero-order valence-corrected chi connectivity index (χ0v) is 12.4. The van der Waals surface area contributed by atoms with Gasteiger partial charge in [-0.25, -0.2) is 4.39 Å². The summed E-state index contributed by atoms with van der Waals surface area (Å²) in [6, 6.07) is 13.7. The van der Waals surface area contributed by atoms with Crippen LogP contribution in [0.25, 0.3) is 10.4 Å². The molecule has 0 fully saturated rings. The average Bonchev–Trinajstić information content (AvgIpc) is 3.04. The van der Waals surface area contributed by atoms with E-state index >= 15 is 0 Å². The number of hydrogen-bond donors (Lipinski definition) is 1. The zero-order valence-electron chi connectivity index (χ0n) is 11.6. The molecular weight excluding hydrogens is 299 g/mol. The van der Waals surface area contributed by atoms with Gasteiger partial charge in [0.2, 0.25) is 0 Å². The SMILES string of the molecule is O=C(NCc1cccc(F)c1)c1ccc(-c2ccncc2)s1. The number of pyridine rings is 1. The van der Waals surface area contributed by atoms with Crippen molar-refractivity contribution in [1.29, 1.82) is 0 Å². The molecule has 3 rings (SSSR count). The lowest BCUT2D eigenvalue weighted by Gasteiger charge is -2.03. The first-order valence-electron chi connectivity index (χ1n) is 6.75.